The second-order valence-electron chi connectivity index (χ2n) is 5.19. The van der Waals surface area contributed by atoms with Gasteiger partial charge in [-0.05, 0) is 38.1 Å². The van der Waals surface area contributed by atoms with Crippen molar-refractivity contribution in [1.29, 1.82) is 0 Å². The lowest BCUT2D eigenvalue weighted by atomic mass is 9.88. The van der Waals surface area contributed by atoms with Gasteiger partial charge in [-0.1, -0.05) is 19.1 Å². The summed E-state index contributed by atoms with van der Waals surface area (Å²) in [5, 5.41) is 0. The third kappa shape index (κ3) is 2.96. The van der Waals surface area contributed by atoms with Gasteiger partial charge >= 0.3 is 0 Å². The minimum Gasteiger partial charge on any atom is -0.302 e. The number of hydrogen-bond acceptors (Lipinski definition) is 2. The van der Waals surface area contributed by atoms with Crippen LogP contribution >= 0.6 is 0 Å². The molecule has 0 spiro atoms. The minimum absolute atomic E-state index is 0.0920. The van der Waals surface area contributed by atoms with Crippen LogP contribution in [0.4, 0.5) is 8.78 Å². The molecule has 0 saturated heterocycles. The molecule has 2 atom stereocenters. The van der Waals surface area contributed by atoms with Crippen LogP contribution in [0.2, 0.25) is 0 Å². The molecule has 0 saturated carbocycles. The van der Waals surface area contributed by atoms with Crippen LogP contribution in [0.25, 0.3) is 0 Å². The van der Waals surface area contributed by atoms with Crippen molar-refractivity contribution in [2.24, 2.45) is 5.92 Å². The van der Waals surface area contributed by atoms with Crippen molar-refractivity contribution in [3.63, 3.8) is 0 Å². The first-order valence-corrected chi connectivity index (χ1v) is 6.90. The van der Waals surface area contributed by atoms with Gasteiger partial charge < -0.3 is 4.90 Å². The third-order valence-corrected chi connectivity index (χ3v) is 3.90. The van der Waals surface area contributed by atoms with Crippen molar-refractivity contribution in [2.75, 3.05) is 13.6 Å². The summed E-state index contributed by atoms with van der Waals surface area (Å²) in [5.74, 6) is -2.37. The van der Waals surface area contributed by atoms with Gasteiger partial charge in [0.05, 0.1) is 5.92 Å². The van der Waals surface area contributed by atoms with E-state index in [0.717, 1.165) is 31.5 Å². The Morgan fingerprint density at radius 1 is 1.35 bits per heavy atom. The normalized spacial score (nSPS) is 23.6. The summed E-state index contributed by atoms with van der Waals surface area (Å²) in [5.41, 5.74) is 0.229. The number of Topliss-reactive ketones (excluding diaryl/α,β-unsaturated/α-hetero) is 1. The first-order valence-electron chi connectivity index (χ1n) is 6.90. The molecule has 1 aromatic carbocycles. The van der Waals surface area contributed by atoms with Crippen LogP contribution in [0.15, 0.2) is 30.4 Å². The van der Waals surface area contributed by atoms with Crippen LogP contribution in [0, 0.1) is 17.6 Å². The Morgan fingerprint density at radius 3 is 2.75 bits per heavy atom. The van der Waals surface area contributed by atoms with Crippen molar-refractivity contribution in [1.82, 2.24) is 4.90 Å². The molecule has 4 heteroatoms. The molecule has 0 aromatic heterocycles. The molecule has 108 valence electrons. The SMILES string of the molecule is CCC1C(C(=O)c2ccc(F)c(F)c2)C=CCCN1C. The van der Waals surface area contributed by atoms with Gasteiger partial charge in [0.1, 0.15) is 0 Å². The largest absolute Gasteiger partial charge is 0.302 e. The van der Waals surface area contributed by atoms with Gasteiger partial charge in [-0.15, -0.1) is 0 Å². The molecule has 0 amide bonds. The van der Waals surface area contributed by atoms with E-state index in [4.69, 9.17) is 0 Å². The molecule has 1 aliphatic heterocycles. The van der Waals surface area contributed by atoms with E-state index in [1.54, 1.807) is 0 Å². The van der Waals surface area contributed by atoms with Crippen LogP contribution < -0.4 is 0 Å². The lowest BCUT2D eigenvalue weighted by molar-refractivity contribution is 0.0865. The molecule has 0 bridgehead atoms. The first-order chi connectivity index (χ1) is 9.54. The van der Waals surface area contributed by atoms with Crippen LogP contribution in [-0.4, -0.2) is 30.3 Å². The highest BCUT2D eigenvalue weighted by Crippen LogP contribution is 2.24. The zero-order valence-corrected chi connectivity index (χ0v) is 11.8. The molecular weight excluding hydrogens is 260 g/mol. The maximum Gasteiger partial charge on any atom is 0.171 e. The van der Waals surface area contributed by atoms with Crippen molar-refractivity contribution < 1.29 is 13.6 Å². The summed E-state index contributed by atoms with van der Waals surface area (Å²) in [6.45, 7) is 2.93. The summed E-state index contributed by atoms with van der Waals surface area (Å²) in [6.07, 6.45) is 5.63. The molecule has 2 nitrogen and oxygen atoms in total. The number of carbonyl (C=O) groups is 1. The average Bonchev–Trinajstić information content (AvgIpc) is 2.62. The molecule has 20 heavy (non-hydrogen) atoms. The summed E-state index contributed by atoms with van der Waals surface area (Å²) < 4.78 is 26.3. The van der Waals surface area contributed by atoms with E-state index >= 15 is 0 Å². The minimum atomic E-state index is -0.977. The molecule has 0 radical (unpaired) electrons. The monoisotopic (exact) mass is 279 g/mol. The number of ketones is 1. The molecule has 2 rings (SSSR count). The zero-order chi connectivity index (χ0) is 14.7. The van der Waals surface area contributed by atoms with E-state index in [1.807, 2.05) is 26.1 Å². The lowest BCUT2D eigenvalue weighted by Crippen LogP contribution is -2.39. The highest BCUT2D eigenvalue weighted by atomic mass is 19.2. The topological polar surface area (TPSA) is 20.3 Å². The number of rotatable bonds is 3. The third-order valence-electron chi connectivity index (χ3n) is 3.90. The Labute approximate surface area is 118 Å². The quantitative estimate of drug-likeness (QED) is 0.624. The van der Waals surface area contributed by atoms with Gasteiger partial charge in [0.15, 0.2) is 17.4 Å². The van der Waals surface area contributed by atoms with Crippen LogP contribution in [0.3, 0.4) is 0 Å². The number of nitrogens with zero attached hydrogens (tertiary/aromatic N) is 1. The Hall–Kier alpha value is -1.55. The van der Waals surface area contributed by atoms with Gasteiger partial charge in [0.25, 0.3) is 0 Å². The summed E-state index contributed by atoms with van der Waals surface area (Å²) in [4.78, 5) is 14.7. The van der Waals surface area contributed by atoms with Crippen LogP contribution in [-0.2, 0) is 0 Å². The maximum atomic E-state index is 13.3. The highest BCUT2D eigenvalue weighted by Gasteiger charge is 2.30. The van der Waals surface area contributed by atoms with E-state index in [1.165, 1.54) is 6.07 Å². The molecule has 0 fully saturated rings. The molecule has 0 aliphatic carbocycles. The number of hydrogen-bond donors (Lipinski definition) is 0. The van der Waals surface area contributed by atoms with E-state index in [-0.39, 0.29) is 23.3 Å². The van der Waals surface area contributed by atoms with Gasteiger partial charge in [-0.25, -0.2) is 8.78 Å². The predicted octanol–water partition coefficient (Wildman–Crippen LogP) is 3.43. The highest BCUT2D eigenvalue weighted by molar-refractivity contribution is 5.99. The van der Waals surface area contributed by atoms with Gasteiger partial charge in [0, 0.05) is 18.2 Å². The van der Waals surface area contributed by atoms with Crippen LogP contribution in [0.1, 0.15) is 30.1 Å². The second-order valence-corrected chi connectivity index (χ2v) is 5.19. The molecule has 1 heterocycles. The van der Waals surface area contributed by atoms with E-state index < -0.39 is 11.6 Å². The van der Waals surface area contributed by atoms with E-state index in [9.17, 15) is 13.6 Å². The lowest BCUT2D eigenvalue weighted by Gasteiger charge is -2.30. The van der Waals surface area contributed by atoms with Crippen molar-refractivity contribution in [3.05, 3.63) is 47.5 Å². The van der Waals surface area contributed by atoms with Crippen molar-refractivity contribution >= 4 is 5.78 Å². The standard InChI is InChI=1S/C16H19F2NO/c1-3-15-12(6-4-5-9-19(15)2)16(20)11-7-8-13(17)14(18)10-11/h4,6-8,10,12,15H,3,5,9H2,1-2H3. The van der Waals surface area contributed by atoms with E-state index in [0.29, 0.717) is 0 Å². The second kappa shape index (κ2) is 6.27. The summed E-state index contributed by atoms with van der Waals surface area (Å²) in [6, 6.07) is 3.44. The smallest absolute Gasteiger partial charge is 0.171 e. The molecule has 2 unspecified atom stereocenters. The Balaban J connectivity index is 2.31. The fraction of sp³-hybridized carbons (Fsp3) is 0.438. The summed E-state index contributed by atoms with van der Waals surface area (Å²) in [7, 11) is 1.99. The predicted molar refractivity (Wildman–Crippen MR) is 74.6 cm³/mol. The zero-order valence-electron chi connectivity index (χ0n) is 11.8. The van der Waals surface area contributed by atoms with Gasteiger partial charge in [-0.2, -0.15) is 0 Å². The maximum absolute atomic E-state index is 13.3. The fourth-order valence-electron chi connectivity index (χ4n) is 2.76. The fourth-order valence-corrected chi connectivity index (χ4v) is 2.76. The van der Waals surface area contributed by atoms with Gasteiger partial charge in [-0.3, -0.25) is 4.79 Å². The Bertz CT molecular complexity index is 527. The Morgan fingerprint density at radius 2 is 2.10 bits per heavy atom. The first kappa shape index (κ1) is 14.9. The Kier molecular flexibility index (Phi) is 4.65. The number of carbonyl (C=O) groups excluding carboxylic acids is 1. The molecule has 0 N–H and O–H groups in total. The molecule has 1 aromatic rings. The average molecular weight is 279 g/mol. The number of halogens is 2. The van der Waals surface area contributed by atoms with Crippen molar-refractivity contribution in [2.45, 2.75) is 25.8 Å². The van der Waals surface area contributed by atoms with Gasteiger partial charge in [0.2, 0.25) is 0 Å². The molecule has 1 aliphatic rings. The summed E-state index contributed by atoms with van der Waals surface area (Å²) >= 11 is 0. The number of benzene rings is 1. The molecular formula is C16H19F2NO. The van der Waals surface area contributed by atoms with Crippen molar-refractivity contribution in [3.8, 4) is 0 Å². The van der Waals surface area contributed by atoms with Crippen LogP contribution in [0.5, 0.6) is 0 Å². The van der Waals surface area contributed by atoms with E-state index in [2.05, 4.69) is 4.90 Å².